The van der Waals surface area contributed by atoms with Crippen molar-refractivity contribution in [2.24, 2.45) is 5.92 Å². The first-order valence-corrected chi connectivity index (χ1v) is 8.02. The zero-order chi connectivity index (χ0) is 16.9. The van der Waals surface area contributed by atoms with Crippen LogP contribution in [0.1, 0.15) is 50.4 Å². The lowest BCUT2D eigenvalue weighted by molar-refractivity contribution is 0.0506. The van der Waals surface area contributed by atoms with Gasteiger partial charge in [-0.3, -0.25) is 5.32 Å². The third kappa shape index (κ3) is 3.91. The maximum absolute atomic E-state index is 12.3. The Kier molecular flexibility index (Phi) is 5.09. The van der Waals surface area contributed by atoms with Crippen LogP contribution < -0.4 is 10.6 Å². The van der Waals surface area contributed by atoms with Gasteiger partial charge in [0.05, 0.1) is 0 Å². The summed E-state index contributed by atoms with van der Waals surface area (Å²) >= 11 is 0. The third-order valence-electron chi connectivity index (χ3n) is 3.94. The average Bonchev–Trinajstić information content (AvgIpc) is 3.25. The Bertz CT molecular complexity index is 649. The van der Waals surface area contributed by atoms with E-state index in [2.05, 4.69) is 25.9 Å². The van der Waals surface area contributed by atoms with Gasteiger partial charge in [-0.2, -0.15) is 4.98 Å². The van der Waals surface area contributed by atoms with Crippen LogP contribution in [0.3, 0.4) is 0 Å². The first-order chi connectivity index (χ1) is 11.6. The number of hydrogen-bond acceptors (Lipinski definition) is 7. The highest BCUT2D eigenvalue weighted by atomic mass is 16.5. The number of ether oxygens (including phenoxy) is 1. The Morgan fingerprint density at radius 1 is 1.29 bits per heavy atom. The standard InChI is InChI=1S/C15H21N5O4/c1-9(2)13-18-14(24-20-13)12(10-3-6-22-7-4-10)17-15(21)16-11-5-8-23-19-11/h5,8-10,12H,3-4,6-7H2,1-2H3,(H2,16,17,19,21)/t12-/m1/s1. The van der Waals surface area contributed by atoms with E-state index in [1.807, 2.05) is 13.8 Å². The van der Waals surface area contributed by atoms with E-state index in [4.69, 9.17) is 13.8 Å². The van der Waals surface area contributed by atoms with Crippen molar-refractivity contribution >= 4 is 11.8 Å². The summed E-state index contributed by atoms with van der Waals surface area (Å²) in [6.45, 7) is 5.28. The number of carbonyl (C=O) groups excluding carboxylic acids is 1. The molecule has 2 aromatic heterocycles. The minimum atomic E-state index is -0.398. The molecule has 2 aromatic rings. The fourth-order valence-electron chi connectivity index (χ4n) is 2.61. The van der Waals surface area contributed by atoms with Crippen molar-refractivity contribution in [1.29, 1.82) is 0 Å². The number of nitrogens with one attached hydrogen (secondary N) is 2. The predicted octanol–water partition coefficient (Wildman–Crippen LogP) is 2.47. The minimum Gasteiger partial charge on any atom is -0.381 e. The fraction of sp³-hybridized carbons (Fsp3) is 0.600. The van der Waals surface area contributed by atoms with Crippen LogP contribution in [0.5, 0.6) is 0 Å². The molecule has 9 nitrogen and oxygen atoms in total. The summed E-state index contributed by atoms with van der Waals surface area (Å²) in [5, 5.41) is 13.2. The molecule has 1 saturated heterocycles. The Hall–Kier alpha value is -2.42. The van der Waals surface area contributed by atoms with E-state index in [9.17, 15) is 4.79 Å². The van der Waals surface area contributed by atoms with Gasteiger partial charge >= 0.3 is 6.03 Å². The summed E-state index contributed by atoms with van der Waals surface area (Å²) in [5.74, 6) is 1.71. The van der Waals surface area contributed by atoms with Crippen LogP contribution in [0.4, 0.5) is 10.6 Å². The van der Waals surface area contributed by atoms with Gasteiger partial charge < -0.3 is 19.1 Å². The van der Waals surface area contributed by atoms with Crippen molar-refractivity contribution < 1.29 is 18.6 Å². The van der Waals surface area contributed by atoms with E-state index < -0.39 is 6.03 Å². The predicted molar refractivity (Wildman–Crippen MR) is 83.3 cm³/mol. The second-order valence-electron chi connectivity index (χ2n) is 6.06. The molecule has 9 heteroatoms. The van der Waals surface area contributed by atoms with Gasteiger partial charge in [0.1, 0.15) is 12.3 Å². The molecule has 1 atom stereocenters. The van der Waals surface area contributed by atoms with Gasteiger partial charge in [0.2, 0.25) is 5.89 Å². The Morgan fingerprint density at radius 2 is 2.08 bits per heavy atom. The van der Waals surface area contributed by atoms with E-state index in [0.717, 1.165) is 12.8 Å². The highest BCUT2D eigenvalue weighted by molar-refractivity contribution is 5.88. The van der Waals surface area contributed by atoms with Crippen LogP contribution in [0.2, 0.25) is 0 Å². The van der Waals surface area contributed by atoms with Crippen molar-refractivity contribution in [1.82, 2.24) is 20.6 Å². The monoisotopic (exact) mass is 335 g/mol. The zero-order valence-electron chi connectivity index (χ0n) is 13.7. The second-order valence-corrected chi connectivity index (χ2v) is 6.06. The van der Waals surface area contributed by atoms with E-state index >= 15 is 0 Å². The first-order valence-electron chi connectivity index (χ1n) is 8.02. The number of hydrogen-bond donors (Lipinski definition) is 2. The number of rotatable bonds is 5. The normalized spacial score (nSPS) is 17.0. The van der Waals surface area contributed by atoms with Gasteiger partial charge in [-0.05, 0) is 18.8 Å². The summed E-state index contributed by atoms with van der Waals surface area (Å²) < 4.78 is 15.5. The Morgan fingerprint density at radius 3 is 2.71 bits per heavy atom. The van der Waals surface area contributed by atoms with Crippen LogP contribution in [-0.4, -0.2) is 34.5 Å². The van der Waals surface area contributed by atoms with Crippen molar-refractivity contribution in [3.63, 3.8) is 0 Å². The van der Waals surface area contributed by atoms with Crippen LogP contribution in [0.15, 0.2) is 21.4 Å². The zero-order valence-corrected chi connectivity index (χ0v) is 13.7. The summed E-state index contributed by atoms with van der Waals surface area (Å²) in [6.07, 6.45) is 3.01. The van der Waals surface area contributed by atoms with Gasteiger partial charge in [-0.1, -0.05) is 24.2 Å². The summed E-state index contributed by atoms with van der Waals surface area (Å²) in [6, 6.07) is 0.789. The molecule has 0 unspecified atom stereocenters. The molecule has 0 aromatic carbocycles. The lowest BCUT2D eigenvalue weighted by Crippen LogP contribution is -2.38. The van der Waals surface area contributed by atoms with E-state index in [0.29, 0.717) is 30.7 Å². The number of nitrogens with zero attached hydrogens (tertiary/aromatic N) is 3. The maximum atomic E-state index is 12.3. The summed E-state index contributed by atoms with van der Waals surface area (Å²) in [4.78, 5) is 16.7. The third-order valence-corrected chi connectivity index (χ3v) is 3.94. The maximum Gasteiger partial charge on any atom is 0.321 e. The van der Waals surface area contributed by atoms with Crippen LogP contribution in [0, 0.1) is 5.92 Å². The Balaban J connectivity index is 1.74. The molecule has 0 spiro atoms. The van der Waals surface area contributed by atoms with E-state index in [-0.39, 0.29) is 17.9 Å². The van der Waals surface area contributed by atoms with Crippen LogP contribution >= 0.6 is 0 Å². The molecular weight excluding hydrogens is 314 g/mol. The minimum absolute atomic E-state index is 0.154. The molecule has 3 heterocycles. The quantitative estimate of drug-likeness (QED) is 0.862. The highest BCUT2D eigenvalue weighted by Crippen LogP contribution is 2.30. The van der Waals surface area contributed by atoms with Crippen molar-refractivity contribution in [2.75, 3.05) is 18.5 Å². The van der Waals surface area contributed by atoms with Gasteiger partial charge in [0.25, 0.3) is 0 Å². The topological polar surface area (TPSA) is 115 Å². The van der Waals surface area contributed by atoms with Gasteiger partial charge in [0.15, 0.2) is 11.6 Å². The largest absolute Gasteiger partial charge is 0.381 e. The molecule has 3 rings (SSSR count). The summed E-state index contributed by atoms with van der Waals surface area (Å²) in [7, 11) is 0. The number of urea groups is 1. The second kappa shape index (κ2) is 7.43. The van der Waals surface area contributed by atoms with Crippen LogP contribution in [-0.2, 0) is 4.74 Å². The first kappa shape index (κ1) is 16.4. The molecule has 1 aliphatic rings. The van der Waals surface area contributed by atoms with Gasteiger partial charge in [-0.25, -0.2) is 4.79 Å². The molecule has 0 aliphatic carbocycles. The molecule has 0 saturated carbocycles. The van der Waals surface area contributed by atoms with Gasteiger partial charge in [0, 0.05) is 25.2 Å². The lowest BCUT2D eigenvalue weighted by atomic mass is 9.91. The number of carbonyl (C=O) groups is 1. The molecular formula is C15H21N5O4. The smallest absolute Gasteiger partial charge is 0.321 e. The van der Waals surface area contributed by atoms with Gasteiger partial charge in [-0.15, -0.1) is 0 Å². The number of amides is 2. The SMILES string of the molecule is CC(C)c1noc([C@H](NC(=O)Nc2ccon2)C2CCOCC2)n1. The molecule has 0 bridgehead atoms. The fourth-order valence-corrected chi connectivity index (χ4v) is 2.61. The highest BCUT2D eigenvalue weighted by Gasteiger charge is 2.31. The Labute approximate surface area is 139 Å². The molecule has 1 aliphatic heterocycles. The van der Waals surface area contributed by atoms with Crippen molar-refractivity contribution in [3.8, 4) is 0 Å². The van der Waals surface area contributed by atoms with E-state index in [1.54, 1.807) is 6.07 Å². The van der Waals surface area contributed by atoms with Crippen LogP contribution in [0.25, 0.3) is 0 Å². The van der Waals surface area contributed by atoms with Crippen molar-refractivity contribution in [3.05, 3.63) is 24.0 Å². The summed E-state index contributed by atoms with van der Waals surface area (Å²) in [5.41, 5.74) is 0. The van der Waals surface area contributed by atoms with Crippen molar-refractivity contribution in [2.45, 2.75) is 38.6 Å². The molecule has 0 radical (unpaired) electrons. The molecule has 1 fully saturated rings. The molecule has 24 heavy (non-hydrogen) atoms. The lowest BCUT2D eigenvalue weighted by Gasteiger charge is -2.28. The molecule has 130 valence electrons. The van der Waals surface area contributed by atoms with E-state index in [1.165, 1.54) is 6.26 Å². The number of aromatic nitrogens is 3. The molecule has 2 amide bonds. The molecule has 2 N–H and O–H groups in total. The number of anilines is 1. The average molecular weight is 335 g/mol.